The van der Waals surface area contributed by atoms with Gasteiger partial charge < -0.3 is 10.7 Å². The summed E-state index contributed by atoms with van der Waals surface area (Å²) in [4.78, 5) is 2.78. The lowest BCUT2D eigenvalue weighted by atomic mass is 10.1. The number of aromatic amines is 1. The first-order valence-electron chi connectivity index (χ1n) is 3.21. The van der Waals surface area contributed by atoms with Gasteiger partial charge in [0, 0.05) is 17.8 Å². The number of nitrogens with one attached hydrogen (secondary N) is 1. The molecular weight excluding hydrogens is 162 g/mol. The molecule has 0 aromatic carbocycles. The number of H-pyrrole nitrogens is 1. The van der Waals surface area contributed by atoms with Crippen molar-refractivity contribution in [2.45, 2.75) is 12.5 Å². The second-order valence-corrected chi connectivity index (χ2v) is 2.59. The second kappa shape index (κ2) is 3.42. The number of hydrogen-bond acceptors (Lipinski definition) is 2. The molecule has 1 heterocycles. The molecule has 0 aliphatic heterocycles. The Balaban J connectivity index is 2.77. The molecule has 0 radical (unpaired) electrons. The lowest BCUT2D eigenvalue weighted by molar-refractivity contribution is 0.750. The van der Waals surface area contributed by atoms with Gasteiger partial charge in [-0.3, -0.25) is 0 Å². The molecule has 1 unspecified atom stereocenters. The highest BCUT2D eigenvalue weighted by Crippen LogP contribution is 2.21. The SMILES string of the molecule is N#CCC(N)c1cc[nH]c1Cl. The largest absolute Gasteiger partial charge is 0.352 e. The lowest BCUT2D eigenvalue weighted by Crippen LogP contribution is -2.08. The van der Waals surface area contributed by atoms with Gasteiger partial charge in [0.15, 0.2) is 0 Å². The van der Waals surface area contributed by atoms with Crippen molar-refractivity contribution >= 4 is 11.6 Å². The quantitative estimate of drug-likeness (QED) is 0.706. The summed E-state index contributed by atoms with van der Waals surface area (Å²) in [6, 6.07) is 3.49. The Labute approximate surface area is 69.8 Å². The zero-order chi connectivity index (χ0) is 8.27. The summed E-state index contributed by atoms with van der Waals surface area (Å²) in [5.74, 6) is 0. The van der Waals surface area contributed by atoms with Gasteiger partial charge in [0.05, 0.1) is 12.5 Å². The van der Waals surface area contributed by atoms with Crippen LogP contribution in [0.15, 0.2) is 12.3 Å². The predicted molar refractivity (Wildman–Crippen MR) is 43.0 cm³/mol. The third-order valence-corrected chi connectivity index (χ3v) is 1.76. The van der Waals surface area contributed by atoms with Crippen molar-refractivity contribution in [1.82, 2.24) is 4.98 Å². The molecule has 11 heavy (non-hydrogen) atoms. The molecule has 0 saturated carbocycles. The van der Waals surface area contributed by atoms with E-state index in [0.717, 1.165) is 5.56 Å². The molecule has 0 aliphatic carbocycles. The van der Waals surface area contributed by atoms with Crippen LogP contribution in [-0.2, 0) is 0 Å². The molecule has 3 nitrogen and oxygen atoms in total. The van der Waals surface area contributed by atoms with Crippen LogP contribution in [0.1, 0.15) is 18.0 Å². The lowest BCUT2D eigenvalue weighted by Gasteiger charge is -2.03. The summed E-state index contributed by atoms with van der Waals surface area (Å²) in [6.45, 7) is 0. The monoisotopic (exact) mass is 169 g/mol. The molecule has 1 atom stereocenters. The second-order valence-electron chi connectivity index (χ2n) is 2.22. The molecule has 0 fully saturated rings. The van der Waals surface area contributed by atoms with Gasteiger partial charge in [-0.2, -0.15) is 5.26 Å². The average molecular weight is 170 g/mol. The van der Waals surface area contributed by atoms with Gasteiger partial charge in [0.2, 0.25) is 0 Å². The van der Waals surface area contributed by atoms with E-state index in [1.165, 1.54) is 0 Å². The maximum atomic E-state index is 8.34. The smallest absolute Gasteiger partial charge is 0.111 e. The minimum absolute atomic E-state index is 0.279. The standard InChI is InChI=1S/C7H8ClN3/c8-7-5(2-4-11-7)6(10)1-3-9/h2,4,6,11H,1,10H2. The first kappa shape index (κ1) is 8.12. The maximum Gasteiger partial charge on any atom is 0.111 e. The van der Waals surface area contributed by atoms with E-state index in [9.17, 15) is 0 Å². The Kier molecular flexibility index (Phi) is 2.53. The van der Waals surface area contributed by atoms with Crippen LogP contribution in [0.3, 0.4) is 0 Å². The van der Waals surface area contributed by atoms with Crippen molar-refractivity contribution in [1.29, 1.82) is 5.26 Å². The van der Waals surface area contributed by atoms with Gasteiger partial charge in [0.25, 0.3) is 0 Å². The van der Waals surface area contributed by atoms with Crippen LogP contribution in [-0.4, -0.2) is 4.98 Å². The number of rotatable bonds is 2. The first-order chi connectivity index (χ1) is 5.25. The summed E-state index contributed by atoms with van der Waals surface area (Å²) < 4.78 is 0. The molecule has 0 spiro atoms. The van der Waals surface area contributed by atoms with Crippen molar-refractivity contribution in [3.05, 3.63) is 23.0 Å². The van der Waals surface area contributed by atoms with Crippen molar-refractivity contribution in [2.75, 3.05) is 0 Å². The molecule has 58 valence electrons. The summed E-state index contributed by atoms with van der Waals surface area (Å²) in [5.41, 5.74) is 6.42. The Morgan fingerprint density at radius 3 is 3.00 bits per heavy atom. The fraction of sp³-hybridized carbons (Fsp3) is 0.286. The van der Waals surface area contributed by atoms with E-state index in [4.69, 9.17) is 22.6 Å². The van der Waals surface area contributed by atoms with Gasteiger partial charge in [-0.15, -0.1) is 0 Å². The molecule has 1 aromatic heterocycles. The molecule has 0 aliphatic rings. The highest BCUT2D eigenvalue weighted by molar-refractivity contribution is 6.30. The van der Waals surface area contributed by atoms with Crippen LogP contribution < -0.4 is 5.73 Å². The third-order valence-electron chi connectivity index (χ3n) is 1.44. The summed E-state index contributed by atoms with van der Waals surface area (Å²) in [7, 11) is 0. The third kappa shape index (κ3) is 1.73. The zero-order valence-corrected chi connectivity index (χ0v) is 6.60. The van der Waals surface area contributed by atoms with Crippen molar-refractivity contribution in [3.63, 3.8) is 0 Å². The van der Waals surface area contributed by atoms with Crippen LogP contribution in [0.2, 0.25) is 5.15 Å². The Morgan fingerprint density at radius 1 is 1.82 bits per heavy atom. The van der Waals surface area contributed by atoms with Gasteiger partial charge in [-0.1, -0.05) is 11.6 Å². The molecule has 3 N–H and O–H groups in total. The molecule has 1 aromatic rings. The Hall–Kier alpha value is -0.980. The van der Waals surface area contributed by atoms with E-state index in [1.807, 2.05) is 6.07 Å². The van der Waals surface area contributed by atoms with Gasteiger partial charge in [-0.05, 0) is 6.07 Å². The summed E-state index contributed by atoms with van der Waals surface area (Å²) in [5, 5.41) is 8.86. The zero-order valence-electron chi connectivity index (χ0n) is 5.84. The van der Waals surface area contributed by atoms with Crippen LogP contribution in [0.4, 0.5) is 0 Å². The minimum atomic E-state index is -0.279. The van der Waals surface area contributed by atoms with Crippen molar-refractivity contribution < 1.29 is 0 Å². The van der Waals surface area contributed by atoms with Crippen LogP contribution >= 0.6 is 11.6 Å². The van der Waals surface area contributed by atoms with Gasteiger partial charge in [-0.25, -0.2) is 0 Å². The van der Waals surface area contributed by atoms with Crippen LogP contribution in [0.5, 0.6) is 0 Å². The molecule has 0 saturated heterocycles. The highest BCUT2D eigenvalue weighted by Gasteiger charge is 2.09. The molecule has 4 heteroatoms. The van der Waals surface area contributed by atoms with Crippen LogP contribution in [0.25, 0.3) is 0 Å². The Bertz CT molecular complexity index is 273. The molecule has 0 amide bonds. The number of hydrogen-bond donors (Lipinski definition) is 2. The molecule has 0 bridgehead atoms. The molecular formula is C7H8ClN3. The van der Waals surface area contributed by atoms with Gasteiger partial charge in [0.1, 0.15) is 5.15 Å². The van der Waals surface area contributed by atoms with E-state index >= 15 is 0 Å². The number of nitrogens with zero attached hydrogens (tertiary/aromatic N) is 1. The van der Waals surface area contributed by atoms with E-state index in [-0.39, 0.29) is 12.5 Å². The van der Waals surface area contributed by atoms with E-state index in [2.05, 4.69) is 4.98 Å². The topological polar surface area (TPSA) is 65.6 Å². The minimum Gasteiger partial charge on any atom is -0.352 e. The van der Waals surface area contributed by atoms with E-state index in [0.29, 0.717) is 5.15 Å². The maximum absolute atomic E-state index is 8.34. The predicted octanol–water partition coefficient (Wildman–Crippen LogP) is 1.58. The first-order valence-corrected chi connectivity index (χ1v) is 3.59. The van der Waals surface area contributed by atoms with E-state index < -0.39 is 0 Å². The highest BCUT2D eigenvalue weighted by atomic mass is 35.5. The fourth-order valence-corrected chi connectivity index (χ4v) is 1.12. The number of nitriles is 1. The van der Waals surface area contributed by atoms with Crippen molar-refractivity contribution in [3.8, 4) is 6.07 Å². The summed E-state index contributed by atoms with van der Waals surface area (Å²) in [6.07, 6.45) is 1.99. The number of aromatic nitrogens is 1. The number of halogens is 1. The van der Waals surface area contributed by atoms with Crippen molar-refractivity contribution in [2.24, 2.45) is 5.73 Å². The normalized spacial score (nSPS) is 12.5. The number of nitrogens with two attached hydrogens (primary N) is 1. The average Bonchev–Trinajstić information content (AvgIpc) is 2.36. The fourth-order valence-electron chi connectivity index (χ4n) is 0.856. The Morgan fingerprint density at radius 2 is 2.55 bits per heavy atom. The summed E-state index contributed by atoms with van der Waals surface area (Å²) >= 11 is 5.73. The molecule has 1 rings (SSSR count). The van der Waals surface area contributed by atoms with Crippen LogP contribution in [0, 0.1) is 11.3 Å². The van der Waals surface area contributed by atoms with E-state index in [1.54, 1.807) is 12.3 Å². The van der Waals surface area contributed by atoms with Gasteiger partial charge >= 0.3 is 0 Å².